The average Bonchev–Trinajstić information content (AvgIpc) is 3.01. The molecule has 0 unspecified atom stereocenters. The smallest absolute Gasteiger partial charge is 0.308 e. The van der Waals surface area contributed by atoms with E-state index in [1.165, 1.54) is 0 Å². The molecule has 0 atom stereocenters. The van der Waals surface area contributed by atoms with Gasteiger partial charge in [0.2, 0.25) is 0 Å². The number of hydrogen-bond acceptors (Lipinski definition) is 14. The summed E-state index contributed by atoms with van der Waals surface area (Å²) in [6, 6.07) is 0. The van der Waals surface area contributed by atoms with Crippen LogP contribution in [0, 0.1) is 0 Å². The summed E-state index contributed by atoms with van der Waals surface area (Å²) in [7, 11) is 0. The van der Waals surface area contributed by atoms with Crippen molar-refractivity contribution in [3.63, 3.8) is 0 Å². The summed E-state index contributed by atoms with van der Waals surface area (Å²) in [5, 5.41) is 0. The van der Waals surface area contributed by atoms with Gasteiger partial charge >= 0.3 is 5.97 Å². The Hall–Kier alpha value is -1.01. The summed E-state index contributed by atoms with van der Waals surface area (Å²) in [6.45, 7) is 17.7. The molecule has 0 aromatic rings. The maximum atomic E-state index is 11.1. The van der Waals surface area contributed by atoms with Gasteiger partial charge in [0.05, 0.1) is 171 Å². The third-order valence-corrected chi connectivity index (χ3v) is 5.15. The van der Waals surface area contributed by atoms with Gasteiger partial charge in [0.25, 0.3) is 0 Å². The maximum Gasteiger partial charge on any atom is 0.308 e. The third kappa shape index (κ3) is 39.0. The molecule has 0 heterocycles. The van der Waals surface area contributed by atoms with Crippen LogP contribution >= 0.6 is 0 Å². The summed E-state index contributed by atoms with van der Waals surface area (Å²) in [5.41, 5.74) is 0. The topological polar surface area (TPSA) is 137 Å². The van der Waals surface area contributed by atoms with Crippen LogP contribution in [0.5, 0.6) is 0 Å². The SMILES string of the molecule is CCOC(=O)CCOCCOCCOCCOCCOCCOCCOCCOCCOCCOCCOCCOC(C)C. The molecule has 0 N–H and O–H groups in total. The first-order chi connectivity index (χ1) is 21.7. The Morgan fingerprint density at radius 2 is 0.614 bits per heavy atom. The van der Waals surface area contributed by atoms with Crippen molar-refractivity contribution < 1.29 is 66.4 Å². The molecule has 0 aromatic heterocycles. The normalized spacial score (nSPS) is 11.5. The van der Waals surface area contributed by atoms with Gasteiger partial charge in [0.1, 0.15) is 0 Å². The molecule has 0 rings (SSSR count). The van der Waals surface area contributed by atoms with E-state index in [1.54, 1.807) is 6.92 Å². The summed E-state index contributed by atoms with van der Waals surface area (Å²) in [5.74, 6) is -0.251. The van der Waals surface area contributed by atoms with E-state index in [4.69, 9.17) is 61.6 Å². The van der Waals surface area contributed by atoms with Crippen molar-refractivity contribution in [3.8, 4) is 0 Å². The highest BCUT2D eigenvalue weighted by Gasteiger charge is 2.01. The summed E-state index contributed by atoms with van der Waals surface area (Å²) in [4.78, 5) is 11.1. The fourth-order valence-corrected chi connectivity index (χ4v) is 3.03. The maximum absolute atomic E-state index is 11.1. The van der Waals surface area contributed by atoms with Crippen LogP contribution in [0.3, 0.4) is 0 Å². The highest BCUT2D eigenvalue weighted by atomic mass is 16.6. The summed E-state index contributed by atoms with van der Waals surface area (Å²) < 4.78 is 69.9. The second-order valence-corrected chi connectivity index (χ2v) is 9.21. The van der Waals surface area contributed by atoms with Gasteiger partial charge in [0, 0.05) is 0 Å². The Morgan fingerprint density at radius 1 is 0.386 bits per heavy atom. The van der Waals surface area contributed by atoms with Gasteiger partial charge in [-0.15, -0.1) is 0 Å². The standard InChI is InChI=1S/C30H60O14/c1-4-43-30(31)5-6-32-7-8-33-9-10-34-11-12-35-13-14-36-15-16-37-17-18-38-19-20-39-21-22-40-23-24-41-25-26-42-27-28-44-29(2)3/h29H,4-28H2,1-3H3. The minimum atomic E-state index is -0.251. The van der Waals surface area contributed by atoms with E-state index in [2.05, 4.69) is 0 Å². The largest absolute Gasteiger partial charge is 0.466 e. The van der Waals surface area contributed by atoms with Gasteiger partial charge in [-0.2, -0.15) is 0 Å². The second-order valence-electron chi connectivity index (χ2n) is 9.21. The quantitative estimate of drug-likeness (QED) is 0.0710. The van der Waals surface area contributed by atoms with Crippen molar-refractivity contribution in [1.82, 2.24) is 0 Å². The number of carbonyl (C=O) groups is 1. The Balaban J connectivity index is 3.06. The molecule has 0 amide bonds. The molecule has 14 heteroatoms. The van der Waals surface area contributed by atoms with Crippen LogP contribution < -0.4 is 0 Å². The van der Waals surface area contributed by atoms with Gasteiger partial charge in [0.15, 0.2) is 0 Å². The lowest BCUT2D eigenvalue weighted by molar-refractivity contribution is -0.144. The molecule has 14 nitrogen and oxygen atoms in total. The Labute approximate surface area is 264 Å². The highest BCUT2D eigenvalue weighted by molar-refractivity contribution is 5.69. The molecule has 0 fully saturated rings. The molecule has 0 aliphatic heterocycles. The molecule has 0 aliphatic carbocycles. The zero-order valence-electron chi connectivity index (χ0n) is 27.5. The number of rotatable bonds is 38. The molecule has 44 heavy (non-hydrogen) atoms. The van der Waals surface area contributed by atoms with Crippen molar-refractivity contribution in [3.05, 3.63) is 0 Å². The van der Waals surface area contributed by atoms with Gasteiger partial charge in [-0.05, 0) is 20.8 Å². The Bertz CT molecular complexity index is 556. The predicted octanol–water partition coefficient (Wildman–Crippen LogP) is 1.55. The number of esters is 1. The van der Waals surface area contributed by atoms with E-state index < -0.39 is 0 Å². The van der Waals surface area contributed by atoms with Gasteiger partial charge in [-0.1, -0.05) is 0 Å². The van der Waals surface area contributed by atoms with Gasteiger partial charge in [-0.3, -0.25) is 4.79 Å². The number of carbonyl (C=O) groups excluding carboxylic acids is 1. The third-order valence-electron chi connectivity index (χ3n) is 5.15. The molecule has 0 saturated heterocycles. The van der Waals surface area contributed by atoms with E-state index in [0.717, 1.165) is 0 Å². The molecule has 0 bridgehead atoms. The summed E-state index contributed by atoms with van der Waals surface area (Å²) >= 11 is 0. The first-order valence-electron chi connectivity index (χ1n) is 15.8. The minimum Gasteiger partial charge on any atom is -0.466 e. The zero-order valence-corrected chi connectivity index (χ0v) is 27.5. The van der Waals surface area contributed by atoms with E-state index in [-0.39, 0.29) is 18.5 Å². The second kappa shape index (κ2) is 38.2. The van der Waals surface area contributed by atoms with E-state index in [1.807, 2.05) is 13.8 Å². The van der Waals surface area contributed by atoms with E-state index in [9.17, 15) is 4.79 Å². The van der Waals surface area contributed by atoms with Crippen molar-refractivity contribution >= 4 is 5.97 Å². The lowest BCUT2D eigenvalue weighted by Gasteiger charge is -2.09. The van der Waals surface area contributed by atoms with Crippen LogP contribution in [0.15, 0.2) is 0 Å². The van der Waals surface area contributed by atoms with E-state index >= 15 is 0 Å². The average molecular weight is 645 g/mol. The van der Waals surface area contributed by atoms with Crippen LogP contribution in [0.4, 0.5) is 0 Å². The Morgan fingerprint density at radius 3 is 0.841 bits per heavy atom. The van der Waals surface area contributed by atoms with Crippen LogP contribution in [0.2, 0.25) is 0 Å². The molecule has 0 aliphatic rings. The Kier molecular flexibility index (Phi) is 37.3. The molecule has 0 aromatic carbocycles. The molecular formula is C30H60O14. The van der Waals surface area contributed by atoms with Crippen LogP contribution in [-0.2, 0) is 66.4 Å². The van der Waals surface area contributed by atoms with Gasteiger partial charge in [-0.25, -0.2) is 0 Å². The van der Waals surface area contributed by atoms with Crippen molar-refractivity contribution in [1.29, 1.82) is 0 Å². The molecule has 0 radical (unpaired) electrons. The number of hydrogen-bond donors (Lipinski definition) is 0. The van der Waals surface area contributed by atoms with E-state index in [0.29, 0.717) is 159 Å². The van der Waals surface area contributed by atoms with Crippen molar-refractivity contribution in [2.75, 3.05) is 159 Å². The predicted molar refractivity (Wildman–Crippen MR) is 161 cm³/mol. The van der Waals surface area contributed by atoms with Crippen LogP contribution in [0.25, 0.3) is 0 Å². The van der Waals surface area contributed by atoms with Crippen LogP contribution in [0.1, 0.15) is 27.2 Å². The van der Waals surface area contributed by atoms with Gasteiger partial charge < -0.3 is 61.6 Å². The molecule has 264 valence electrons. The molecule has 0 spiro atoms. The summed E-state index contributed by atoms with van der Waals surface area (Å²) in [6.07, 6.45) is 0.485. The first kappa shape index (κ1) is 43.0. The van der Waals surface area contributed by atoms with Crippen molar-refractivity contribution in [2.45, 2.75) is 33.3 Å². The minimum absolute atomic E-state index is 0.228. The van der Waals surface area contributed by atoms with Crippen LogP contribution in [-0.4, -0.2) is 171 Å². The monoisotopic (exact) mass is 644 g/mol. The fraction of sp³-hybridized carbons (Fsp3) is 0.967. The molecule has 0 saturated carbocycles. The first-order valence-corrected chi connectivity index (χ1v) is 15.8. The number of ether oxygens (including phenoxy) is 13. The lowest BCUT2D eigenvalue weighted by Crippen LogP contribution is -2.15. The lowest BCUT2D eigenvalue weighted by atomic mass is 10.5. The van der Waals surface area contributed by atoms with Crippen molar-refractivity contribution in [2.24, 2.45) is 0 Å². The highest BCUT2D eigenvalue weighted by Crippen LogP contribution is 1.90. The molecular weight excluding hydrogens is 584 g/mol. The zero-order chi connectivity index (χ0) is 32.0. The fourth-order valence-electron chi connectivity index (χ4n) is 3.03.